The number of hydrazine groups is 1. The second-order valence-corrected chi connectivity index (χ2v) is 4.63. The number of hydrogen-bond donors (Lipinski definition) is 3. The number of non-ortho nitro benzene ring substituents is 1. The summed E-state index contributed by atoms with van der Waals surface area (Å²) in [5, 5.41) is 19.9. The summed E-state index contributed by atoms with van der Waals surface area (Å²) in [4.78, 5) is 22.1. The Morgan fingerprint density at radius 1 is 1.04 bits per heavy atom. The van der Waals surface area contributed by atoms with Gasteiger partial charge in [-0.3, -0.25) is 25.8 Å². The van der Waals surface area contributed by atoms with Crippen molar-refractivity contribution in [2.45, 2.75) is 6.92 Å². The van der Waals surface area contributed by atoms with Gasteiger partial charge in [0.1, 0.15) is 5.75 Å². The molecular formula is C16H15N3O4. The Bertz CT molecular complexity index is 737. The number of nitrogens with one attached hydrogen (secondary N) is 2. The summed E-state index contributed by atoms with van der Waals surface area (Å²) in [6.45, 7) is 1.80. The highest BCUT2D eigenvalue weighted by molar-refractivity contribution is 5.94. The number of rotatable bonds is 5. The van der Waals surface area contributed by atoms with Crippen LogP contribution in [0.1, 0.15) is 22.8 Å². The molecule has 0 saturated heterocycles. The maximum atomic E-state index is 12.0. The molecule has 0 aliphatic carbocycles. The first-order chi connectivity index (χ1) is 11.0. The van der Waals surface area contributed by atoms with E-state index in [1.807, 2.05) is 0 Å². The van der Waals surface area contributed by atoms with Gasteiger partial charge in [-0.2, -0.15) is 0 Å². The molecule has 0 bridgehead atoms. The molecule has 3 N–H and O–H groups in total. The molecule has 0 aliphatic heterocycles. The smallest absolute Gasteiger partial charge is 0.269 e. The maximum Gasteiger partial charge on any atom is 0.269 e. The third kappa shape index (κ3) is 4.07. The highest BCUT2D eigenvalue weighted by atomic mass is 16.6. The second kappa shape index (κ2) is 7.08. The van der Waals surface area contributed by atoms with Crippen LogP contribution in [-0.4, -0.2) is 15.9 Å². The molecule has 2 aromatic carbocycles. The summed E-state index contributed by atoms with van der Waals surface area (Å²) in [6, 6.07) is 11.8. The molecule has 0 heterocycles. The normalized spacial score (nSPS) is 10.9. The molecule has 1 amide bonds. The summed E-state index contributed by atoms with van der Waals surface area (Å²) in [5.41, 5.74) is 6.97. The van der Waals surface area contributed by atoms with Crippen molar-refractivity contribution in [3.05, 3.63) is 75.8 Å². The van der Waals surface area contributed by atoms with Gasteiger partial charge in [-0.05, 0) is 48.9 Å². The molecule has 0 aromatic heterocycles. The molecule has 0 radical (unpaired) electrons. The fraction of sp³-hybridized carbons (Fsp3) is 0.0625. The number of phenols is 1. The van der Waals surface area contributed by atoms with Gasteiger partial charge in [0.15, 0.2) is 0 Å². The summed E-state index contributed by atoms with van der Waals surface area (Å²) in [6.07, 6.45) is 1.77. The zero-order valence-electron chi connectivity index (χ0n) is 12.3. The first-order valence-corrected chi connectivity index (χ1v) is 6.78. The van der Waals surface area contributed by atoms with Gasteiger partial charge in [0.05, 0.1) is 10.6 Å². The lowest BCUT2D eigenvalue weighted by Crippen LogP contribution is -2.36. The average Bonchev–Trinajstić information content (AvgIpc) is 2.56. The molecule has 23 heavy (non-hydrogen) atoms. The van der Waals surface area contributed by atoms with E-state index in [0.717, 1.165) is 5.56 Å². The number of nitro benzene ring substituents is 1. The van der Waals surface area contributed by atoms with Gasteiger partial charge in [-0.15, -0.1) is 0 Å². The molecule has 0 fully saturated rings. The molecule has 2 aromatic rings. The maximum absolute atomic E-state index is 12.0. The summed E-state index contributed by atoms with van der Waals surface area (Å²) < 4.78 is 0. The molecule has 2 rings (SSSR count). The van der Waals surface area contributed by atoms with Gasteiger partial charge in [-0.25, -0.2) is 0 Å². The Balaban J connectivity index is 2.02. The van der Waals surface area contributed by atoms with Crippen molar-refractivity contribution in [1.29, 1.82) is 0 Å². The van der Waals surface area contributed by atoms with Gasteiger partial charge >= 0.3 is 0 Å². The lowest BCUT2D eigenvalue weighted by atomic mass is 10.1. The van der Waals surface area contributed by atoms with E-state index in [2.05, 4.69) is 10.9 Å². The van der Waals surface area contributed by atoms with Crippen LogP contribution < -0.4 is 10.9 Å². The van der Waals surface area contributed by atoms with Gasteiger partial charge in [0.25, 0.3) is 11.6 Å². The van der Waals surface area contributed by atoms with Gasteiger partial charge in [0.2, 0.25) is 0 Å². The third-order valence-electron chi connectivity index (χ3n) is 3.12. The zero-order chi connectivity index (χ0) is 16.8. The van der Waals surface area contributed by atoms with Crippen LogP contribution in [0.25, 0.3) is 5.70 Å². The number of nitro groups is 1. The van der Waals surface area contributed by atoms with Gasteiger partial charge in [0, 0.05) is 17.7 Å². The number of aromatic hydroxyl groups is 1. The molecule has 0 atom stereocenters. The van der Waals surface area contributed by atoms with E-state index in [0.29, 0.717) is 11.3 Å². The van der Waals surface area contributed by atoms with Crippen LogP contribution >= 0.6 is 0 Å². The van der Waals surface area contributed by atoms with Crippen molar-refractivity contribution in [2.75, 3.05) is 0 Å². The molecule has 0 saturated carbocycles. The lowest BCUT2D eigenvalue weighted by Gasteiger charge is -2.12. The summed E-state index contributed by atoms with van der Waals surface area (Å²) in [7, 11) is 0. The predicted octanol–water partition coefficient (Wildman–Crippen LogP) is 2.60. The molecule has 7 heteroatoms. The van der Waals surface area contributed by atoms with Crippen LogP contribution in [0.2, 0.25) is 0 Å². The van der Waals surface area contributed by atoms with Crippen molar-refractivity contribution in [2.24, 2.45) is 0 Å². The monoisotopic (exact) mass is 313 g/mol. The van der Waals surface area contributed by atoms with Gasteiger partial charge < -0.3 is 5.11 Å². The van der Waals surface area contributed by atoms with E-state index < -0.39 is 10.8 Å². The molecular weight excluding hydrogens is 298 g/mol. The minimum absolute atomic E-state index is 0.0762. The number of carbonyl (C=O) groups excluding carboxylic acids is 1. The van der Waals surface area contributed by atoms with Crippen LogP contribution in [0.3, 0.4) is 0 Å². The Labute approximate surface area is 132 Å². The van der Waals surface area contributed by atoms with Crippen LogP contribution in [-0.2, 0) is 0 Å². The zero-order valence-corrected chi connectivity index (χ0v) is 12.3. The highest BCUT2D eigenvalue weighted by Crippen LogP contribution is 2.16. The fourth-order valence-corrected chi connectivity index (χ4v) is 1.88. The van der Waals surface area contributed by atoms with Crippen molar-refractivity contribution in [1.82, 2.24) is 10.9 Å². The van der Waals surface area contributed by atoms with Gasteiger partial charge in [-0.1, -0.05) is 6.08 Å². The number of hydrogen-bond acceptors (Lipinski definition) is 5. The SMILES string of the molecule is CC=C(NNC(=O)c1ccc([N+](=O)[O-])cc1)c1ccc(O)cc1. The van der Waals surface area contributed by atoms with E-state index >= 15 is 0 Å². The van der Waals surface area contributed by atoms with Crippen molar-refractivity contribution in [3.8, 4) is 5.75 Å². The molecule has 118 valence electrons. The summed E-state index contributed by atoms with van der Waals surface area (Å²) >= 11 is 0. The van der Waals surface area contributed by atoms with Crippen LogP contribution in [0.4, 0.5) is 5.69 Å². The largest absolute Gasteiger partial charge is 0.508 e. The quantitative estimate of drug-likeness (QED) is 0.581. The van der Waals surface area contributed by atoms with Crippen molar-refractivity contribution < 1.29 is 14.8 Å². The minimum atomic E-state index is -0.525. The number of allylic oxidation sites excluding steroid dienone is 1. The third-order valence-corrected chi connectivity index (χ3v) is 3.12. The van der Waals surface area contributed by atoms with E-state index in [1.54, 1.807) is 37.3 Å². The molecule has 0 spiro atoms. The number of carbonyl (C=O) groups is 1. The second-order valence-electron chi connectivity index (χ2n) is 4.63. The Hall–Kier alpha value is -3.35. The Morgan fingerprint density at radius 2 is 1.61 bits per heavy atom. The Morgan fingerprint density at radius 3 is 2.13 bits per heavy atom. The lowest BCUT2D eigenvalue weighted by molar-refractivity contribution is -0.384. The van der Waals surface area contributed by atoms with Crippen molar-refractivity contribution in [3.63, 3.8) is 0 Å². The van der Waals surface area contributed by atoms with Crippen LogP contribution in [0.5, 0.6) is 5.75 Å². The standard InChI is InChI=1S/C16H15N3O4/c1-2-15(11-5-9-14(20)10-6-11)17-18-16(21)12-3-7-13(8-4-12)19(22)23/h2-10,17,20H,1H3,(H,18,21). The first-order valence-electron chi connectivity index (χ1n) is 6.78. The topological polar surface area (TPSA) is 104 Å². The number of phenolic OH excluding ortho intramolecular Hbond substituents is 1. The minimum Gasteiger partial charge on any atom is -0.508 e. The highest BCUT2D eigenvalue weighted by Gasteiger charge is 2.09. The molecule has 7 nitrogen and oxygen atoms in total. The average molecular weight is 313 g/mol. The number of benzene rings is 2. The fourth-order valence-electron chi connectivity index (χ4n) is 1.88. The predicted molar refractivity (Wildman–Crippen MR) is 85.5 cm³/mol. The molecule has 0 unspecified atom stereocenters. The summed E-state index contributed by atoms with van der Waals surface area (Å²) in [5.74, 6) is -0.267. The molecule has 0 aliphatic rings. The van der Waals surface area contributed by atoms with Crippen LogP contribution in [0, 0.1) is 10.1 Å². The first kappa shape index (κ1) is 16.0. The van der Waals surface area contributed by atoms with E-state index in [-0.39, 0.29) is 11.4 Å². The van der Waals surface area contributed by atoms with E-state index in [4.69, 9.17) is 0 Å². The Kier molecular flexibility index (Phi) is 4.93. The number of nitrogens with zero attached hydrogens (tertiary/aromatic N) is 1. The van der Waals surface area contributed by atoms with Crippen molar-refractivity contribution >= 4 is 17.3 Å². The van der Waals surface area contributed by atoms with Crippen LogP contribution in [0.15, 0.2) is 54.6 Å². The van der Waals surface area contributed by atoms with E-state index in [9.17, 15) is 20.0 Å². The van der Waals surface area contributed by atoms with E-state index in [1.165, 1.54) is 24.3 Å². The number of amides is 1.